The molecule has 8 nitrogen and oxygen atoms in total. The average Bonchev–Trinajstić information content (AvgIpc) is 3.29. The zero-order valence-electron chi connectivity index (χ0n) is 23.5. The summed E-state index contributed by atoms with van der Waals surface area (Å²) in [6, 6.07) is 12.7. The monoisotopic (exact) mass is 620 g/mol. The number of aromatic nitrogens is 3. The van der Waals surface area contributed by atoms with E-state index in [9.17, 15) is 22.4 Å². The van der Waals surface area contributed by atoms with Gasteiger partial charge in [-0.25, -0.2) is 19.2 Å². The van der Waals surface area contributed by atoms with Crippen LogP contribution in [0, 0.1) is 5.82 Å². The van der Waals surface area contributed by atoms with Gasteiger partial charge in [0, 0.05) is 35.3 Å². The van der Waals surface area contributed by atoms with Crippen LogP contribution in [0.5, 0.6) is 11.6 Å². The number of benzene rings is 2. The predicted octanol–water partition coefficient (Wildman–Crippen LogP) is 6.45. The first kappa shape index (κ1) is 30.6. The number of carbonyl (C=O) groups is 1. The zero-order chi connectivity index (χ0) is 30.7. The number of fused-ring (bicyclic) bond motifs is 1. The quantitative estimate of drug-likeness (QED) is 0.157. The first-order valence-electron chi connectivity index (χ1n) is 13.5. The SMILES string of the molecule is COC(=O)c1cc(OCC(F)(F)F)c2nc(CN3CCC(c4cccc(OCc5ccc(Cl)cc5F)n4)CC3)n(C)c2c1. The van der Waals surface area contributed by atoms with Gasteiger partial charge < -0.3 is 18.8 Å². The number of alkyl halides is 3. The molecule has 0 aliphatic carbocycles. The molecule has 3 heterocycles. The fourth-order valence-electron chi connectivity index (χ4n) is 5.07. The highest BCUT2D eigenvalue weighted by atomic mass is 35.5. The summed E-state index contributed by atoms with van der Waals surface area (Å²) in [5.41, 5.74) is 2.04. The lowest BCUT2D eigenvalue weighted by molar-refractivity contribution is -0.153. The van der Waals surface area contributed by atoms with E-state index < -0.39 is 24.6 Å². The van der Waals surface area contributed by atoms with E-state index in [0.717, 1.165) is 31.6 Å². The fourth-order valence-corrected chi connectivity index (χ4v) is 5.23. The summed E-state index contributed by atoms with van der Waals surface area (Å²) in [4.78, 5) is 23.6. The van der Waals surface area contributed by atoms with Crippen molar-refractivity contribution >= 4 is 28.6 Å². The number of likely N-dealkylation sites (tertiary alicyclic amines) is 1. The number of methoxy groups -OCH3 is 1. The van der Waals surface area contributed by atoms with Crippen molar-refractivity contribution in [2.75, 3.05) is 26.8 Å². The topological polar surface area (TPSA) is 78.7 Å². The van der Waals surface area contributed by atoms with Crippen molar-refractivity contribution < 1.29 is 36.6 Å². The Morgan fingerprint density at radius 1 is 1.07 bits per heavy atom. The van der Waals surface area contributed by atoms with E-state index in [2.05, 4.69) is 14.9 Å². The molecular formula is C30H29ClF4N4O4. The van der Waals surface area contributed by atoms with E-state index in [-0.39, 0.29) is 29.4 Å². The third kappa shape index (κ3) is 7.37. The molecule has 5 rings (SSSR count). The van der Waals surface area contributed by atoms with Gasteiger partial charge in [-0.05, 0) is 56.3 Å². The summed E-state index contributed by atoms with van der Waals surface area (Å²) in [6.45, 7) is 0.445. The molecule has 0 saturated carbocycles. The fraction of sp³-hybridized carbons (Fsp3) is 0.367. The minimum absolute atomic E-state index is 0.0278. The van der Waals surface area contributed by atoms with Crippen molar-refractivity contribution in [3.05, 3.63) is 82.0 Å². The smallest absolute Gasteiger partial charge is 0.422 e. The van der Waals surface area contributed by atoms with Crippen molar-refractivity contribution in [1.29, 1.82) is 0 Å². The molecular weight excluding hydrogens is 592 g/mol. The summed E-state index contributed by atoms with van der Waals surface area (Å²) >= 11 is 5.82. The predicted molar refractivity (Wildman–Crippen MR) is 151 cm³/mol. The first-order chi connectivity index (χ1) is 20.5. The second-order valence-corrected chi connectivity index (χ2v) is 10.7. The Hall–Kier alpha value is -3.90. The van der Waals surface area contributed by atoms with E-state index in [1.807, 2.05) is 12.1 Å². The van der Waals surface area contributed by atoms with Crippen molar-refractivity contribution in [3.8, 4) is 11.6 Å². The van der Waals surface area contributed by atoms with Crippen LogP contribution >= 0.6 is 11.6 Å². The molecule has 2 aromatic carbocycles. The van der Waals surface area contributed by atoms with Gasteiger partial charge in [0.2, 0.25) is 5.88 Å². The highest BCUT2D eigenvalue weighted by Gasteiger charge is 2.30. The number of piperidine rings is 1. The van der Waals surface area contributed by atoms with Crippen LogP contribution in [0.25, 0.3) is 11.0 Å². The number of hydrogen-bond acceptors (Lipinski definition) is 7. The van der Waals surface area contributed by atoms with Crippen molar-refractivity contribution in [1.82, 2.24) is 19.4 Å². The largest absolute Gasteiger partial charge is 0.482 e. The Bertz CT molecular complexity index is 1620. The number of ether oxygens (including phenoxy) is 3. The van der Waals surface area contributed by atoms with Gasteiger partial charge in [0.1, 0.15) is 29.5 Å². The molecule has 0 atom stereocenters. The van der Waals surface area contributed by atoms with Gasteiger partial charge in [-0.15, -0.1) is 0 Å². The number of imidazole rings is 1. The van der Waals surface area contributed by atoms with Crippen LogP contribution in [0.15, 0.2) is 48.5 Å². The highest BCUT2D eigenvalue weighted by Crippen LogP contribution is 2.32. The molecule has 43 heavy (non-hydrogen) atoms. The molecule has 13 heteroatoms. The van der Waals surface area contributed by atoms with Gasteiger partial charge in [0.15, 0.2) is 6.61 Å². The summed E-state index contributed by atoms with van der Waals surface area (Å²) in [5, 5.41) is 0.316. The van der Waals surface area contributed by atoms with Gasteiger partial charge in [-0.2, -0.15) is 13.2 Å². The molecule has 1 fully saturated rings. The Kier molecular flexibility index (Phi) is 9.07. The second-order valence-electron chi connectivity index (χ2n) is 10.3. The number of halogens is 5. The van der Waals surface area contributed by atoms with E-state index in [0.29, 0.717) is 34.4 Å². The number of hydrogen-bond donors (Lipinski definition) is 0. The lowest BCUT2D eigenvalue weighted by Gasteiger charge is -2.31. The maximum atomic E-state index is 14.1. The molecule has 0 spiro atoms. The van der Waals surface area contributed by atoms with Crippen LogP contribution in [0.3, 0.4) is 0 Å². The molecule has 0 amide bonds. The second kappa shape index (κ2) is 12.8. The van der Waals surface area contributed by atoms with Crippen LogP contribution < -0.4 is 9.47 Å². The number of nitrogens with zero attached hydrogens (tertiary/aromatic N) is 4. The average molecular weight is 621 g/mol. The highest BCUT2D eigenvalue weighted by molar-refractivity contribution is 6.30. The molecule has 0 N–H and O–H groups in total. The summed E-state index contributed by atoms with van der Waals surface area (Å²) in [7, 11) is 2.94. The molecule has 4 aromatic rings. The van der Waals surface area contributed by atoms with Gasteiger partial charge in [0.05, 0.1) is 24.7 Å². The van der Waals surface area contributed by atoms with Gasteiger partial charge in [-0.3, -0.25) is 4.90 Å². The number of rotatable bonds is 9. The molecule has 2 aromatic heterocycles. The van der Waals surface area contributed by atoms with Crippen LogP contribution in [-0.4, -0.2) is 58.4 Å². The Balaban J connectivity index is 1.25. The maximum Gasteiger partial charge on any atom is 0.422 e. The van der Waals surface area contributed by atoms with E-state index in [1.54, 1.807) is 29.8 Å². The van der Waals surface area contributed by atoms with E-state index >= 15 is 0 Å². The minimum Gasteiger partial charge on any atom is -0.482 e. The summed E-state index contributed by atoms with van der Waals surface area (Å²) in [5.74, 6) is -0.0474. The molecule has 1 aliphatic rings. The Morgan fingerprint density at radius 2 is 1.84 bits per heavy atom. The Morgan fingerprint density at radius 3 is 2.53 bits per heavy atom. The summed E-state index contributed by atoms with van der Waals surface area (Å²) < 4.78 is 70.1. The van der Waals surface area contributed by atoms with Gasteiger partial charge in [0.25, 0.3) is 0 Å². The molecule has 0 bridgehead atoms. The standard InChI is InChI=1S/C30H29ClF4N4O4/c1-38-24-12-20(29(40)41-2)13-25(43-17-30(33,34)35)28(24)37-26(38)15-39-10-8-18(9-11-39)23-4-3-5-27(36-23)42-16-19-6-7-21(31)14-22(19)32/h3-7,12-14,18H,8-11,15-17H2,1-2H3. The molecule has 0 radical (unpaired) electrons. The minimum atomic E-state index is -4.55. The third-order valence-corrected chi connectivity index (χ3v) is 7.60. The lowest BCUT2D eigenvalue weighted by atomic mass is 9.93. The van der Waals surface area contributed by atoms with Crippen molar-refractivity contribution in [2.24, 2.45) is 7.05 Å². The maximum absolute atomic E-state index is 14.1. The van der Waals surface area contributed by atoms with Crippen molar-refractivity contribution in [2.45, 2.75) is 38.1 Å². The normalized spacial score (nSPS) is 14.7. The van der Waals surface area contributed by atoms with Gasteiger partial charge >= 0.3 is 12.1 Å². The number of esters is 1. The van der Waals surface area contributed by atoms with Crippen LogP contribution in [-0.2, 0) is 24.9 Å². The van der Waals surface area contributed by atoms with Crippen LogP contribution in [0.4, 0.5) is 17.6 Å². The van der Waals surface area contributed by atoms with Crippen molar-refractivity contribution in [3.63, 3.8) is 0 Å². The zero-order valence-corrected chi connectivity index (χ0v) is 24.2. The number of carbonyl (C=O) groups excluding carboxylic acids is 1. The number of aryl methyl sites for hydroxylation is 1. The van der Waals surface area contributed by atoms with Gasteiger partial charge in [-0.1, -0.05) is 23.7 Å². The Labute approximate surface area is 250 Å². The van der Waals surface area contributed by atoms with Crippen LogP contribution in [0.1, 0.15) is 46.2 Å². The van der Waals surface area contributed by atoms with E-state index in [1.165, 1.54) is 25.3 Å². The molecule has 228 valence electrons. The molecule has 1 aliphatic heterocycles. The lowest BCUT2D eigenvalue weighted by Crippen LogP contribution is -2.33. The third-order valence-electron chi connectivity index (χ3n) is 7.36. The summed E-state index contributed by atoms with van der Waals surface area (Å²) in [6.07, 6.45) is -2.91. The van der Waals surface area contributed by atoms with Crippen LogP contribution in [0.2, 0.25) is 5.02 Å². The molecule has 0 unspecified atom stereocenters. The van der Waals surface area contributed by atoms with E-state index in [4.69, 9.17) is 25.8 Å². The molecule has 1 saturated heterocycles. The first-order valence-corrected chi connectivity index (χ1v) is 13.9. The number of pyridine rings is 1.